The van der Waals surface area contributed by atoms with Gasteiger partial charge in [-0.25, -0.2) is 5.48 Å². The van der Waals surface area contributed by atoms with Crippen LogP contribution in [0.5, 0.6) is 0 Å². The Kier molecular flexibility index (Phi) is 5.05. The highest BCUT2D eigenvalue weighted by Crippen LogP contribution is 2.71. The third-order valence-electron chi connectivity index (χ3n) is 9.03. The Morgan fingerprint density at radius 2 is 1.71 bits per heavy atom. The van der Waals surface area contributed by atoms with E-state index in [-0.39, 0.29) is 22.7 Å². The number of aliphatic carboxylic acids is 1. The van der Waals surface area contributed by atoms with Gasteiger partial charge < -0.3 is 5.11 Å². The van der Waals surface area contributed by atoms with Gasteiger partial charge in [0.2, 0.25) is 5.91 Å². The number of hydroxylamine groups is 1. The van der Waals surface area contributed by atoms with Crippen molar-refractivity contribution in [1.29, 1.82) is 0 Å². The quantitative estimate of drug-likeness (QED) is 0.689. The fourth-order valence-corrected chi connectivity index (χ4v) is 8.66. The van der Waals surface area contributed by atoms with Crippen LogP contribution in [0.1, 0.15) is 84.5 Å². The van der Waals surface area contributed by atoms with E-state index in [4.69, 9.17) is 4.84 Å². The Morgan fingerprint density at radius 1 is 0.964 bits per heavy atom. The molecule has 28 heavy (non-hydrogen) atoms. The number of amides is 1. The van der Waals surface area contributed by atoms with Crippen LogP contribution in [-0.2, 0) is 14.4 Å². The smallest absolute Gasteiger partial charge is 0.309 e. The summed E-state index contributed by atoms with van der Waals surface area (Å²) in [7, 11) is 1.50. The average Bonchev–Trinajstić information content (AvgIpc) is 2.60. The fourth-order valence-electron chi connectivity index (χ4n) is 8.66. The maximum Gasteiger partial charge on any atom is 0.309 e. The van der Waals surface area contributed by atoms with Crippen molar-refractivity contribution in [2.45, 2.75) is 84.5 Å². The zero-order valence-electron chi connectivity index (χ0n) is 17.8. The van der Waals surface area contributed by atoms with Gasteiger partial charge in [0.15, 0.2) is 0 Å². The van der Waals surface area contributed by atoms with Gasteiger partial charge in [-0.15, -0.1) is 0 Å². The van der Waals surface area contributed by atoms with Gasteiger partial charge in [-0.1, -0.05) is 20.3 Å². The van der Waals surface area contributed by atoms with Crippen molar-refractivity contribution in [2.24, 2.45) is 39.9 Å². The molecule has 2 N–H and O–H groups in total. The van der Waals surface area contributed by atoms with Gasteiger partial charge in [0.25, 0.3) is 0 Å². The normalized spacial score (nSPS) is 48.0. The Balaban J connectivity index is 1.73. The van der Waals surface area contributed by atoms with Crippen LogP contribution in [0.3, 0.4) is 0 Å². The zero-order chi connectivity index (χ0) is 20.2. The second kappa shape index (κ2) is 7.00. The van der Waals surface area contributed by atoms with Crippen molar-refractivity contribution >= 4 is 11.9 Å². The molecule has 0 aliphatic heterocycles. The summed E-state index contributed by atoms with van der Waals surface area (Å²) in [6.45, 7) is 4.63. The molecule has 0 spiro atoms. The number of hydrogen-bond donors (Lipinski definition) is 2. The number of rotatable bonds is 4. The Morgan fingerprint density at radius 3 is 2.43 bits per heavy atom. The van der Waals surface area contributed by atoms with Crippen LogP contribution in [0, 0.1) is 39.9 Å². The molecule has 4 aliphatic rings. The van der Waals surface area contributed by atoms with Crippen LogP contribution >= 0.6 is 0 Å². The van der Waals surface area contributed by atoms with E-state index in [1.807, 2.05) is 0 Å². The number of fused-ring (bicyclic) bond motifs is 5. The lowest BCUT2D eigenvalue weighted by atomic mass is 9.38. The third-order valence-corrected chi connectivity index (χ3v) is 9.03. The summed E-state index contributed by atoms with van der Waals surface area (Å²) in [4.78, 5) is 30.0. The molecule has 7 atom stereocenters. The highest BCUT2D eigenvalue weighted by Gasteiger charge is 2.64. The van der Waals surface area contributed by atoms with Crippen LogP contribution in [0.25, 0.3) is 0 Å². The van der Waals surface area contributed by atoms with Crippen molar-refractivity contribution in [2.75, 3.05) is 7.11 Å². The summed E-state index contributed by atoms with van der Waals surface area (Å²) >= 11 is 0. The van der Waals surface area contributed by atoms with Crippen molar-refractivity contribution in [1.82, 2.24) is 5.48 Å². The molecule has 0 saturated heterocycles. The first-order valence-electron chi connectivity index (χ1n) is 11.3. The Labute approximate surface area is 168 Å². The molecule has 0 heterocycles. The lowest BCUT2D eigenvalue weighted by molar-refractivity contribution is -0.188. The van der Waals surface area contributed by atoms with Crippen LogP contribution < -0.4 is 5.48 Å². The standard InChI is InChI=1S/C23H37NO4/c1-15-7-17-8-18(19(25)24-28-3)13-23(10-15,12-17)22-6-4-5-21(14-22,20(26)27)9-16(2)11-22/h15-18H,4-14H2,1-3H3,(H,24,25)(H,26,27). The first-order valence-corrected chi connectivity index (χ1v) is 11.3. The third kappa shape index (κ3) is 3.09. The van der Waals surface area contributed by atoms with Crippen molar-refractivity contribution < 1.29 is 19.5 Å². The molecule has 158 valence electrons. The van der Waals surface area contributed by atoms with Crippen LogP contribution in [0.2, 0.25) is 0 Å². The molecule has 4 fully saturated rings. The van der Waals surface area contributed by atoms with Gasteiger partial charge in [0, 0.05) is 5.92 Å². The molecule has 1 amide bonds. The number of carboxylic acids is 1. The minimum atomic E-state index is -0.579. The lowest BCUT2D eigenvalue weighted by Gasteiger charge is -2.65. The zero-order valence-corrected chi connectivity index (χ0v) is 17.8. The first-order chi connectivity index (χ1) is 13.2. The molecular formula is C23H37NO4. The molecule has 7 unspecified atom stereocenters. The minimum Gasteiger partial charge on any atom is -0.481 e. The summed E-state index contributed by atoms with van der Waals surface area (Å²) in [5.74, 6) is 1.13. The monoisotopic (exact) mass is 391 g/mol. The van der Waals surface area contributed by atoms with Crippen LogP contribution in [0.15, 0.2) is 0 Å². The highest BCUT2D eigenvalue weighted by molar-refractivity contribution is 5.78. The highest BCUT2D eigenvalue weighted by atomic mass is 16.6. The molecule has 0 radical (unpaired) electrons. The average molecular weight is 392 g/mol. The fraction of sp³-hybridized carbons (Fsp3) is 0.913. The van der Waals surface area contributed by atoms with E-state index < -0.39 is 11.4 Å². The lowest BCUT2D eigenvalue weighted by Crippen LogP contribution is -2.59. The van der Waals surface area contributed by atoms with Crippen LogP contribution in [-0.4, -0.2) is 24.1 Å². The maximum absolute atomic E-state index is 12.7. The molecule has 4 aliphatic carbocycles. The van der Waals surface area contributed by atoms with Crippen molar-refractivity contribution in [3.63, 3.8) is 0 Å². The van der Waals surface area contributed by atoms with Crippen molar-refractivity contribution in [3.05, 3.63) is 0 Å². The number of carbonyl (C=O) groups excluding carboxylic acids is 1. The van der Waals surface area contributed by atoms with E-state index in [0.29, 0.717) is 17.8 Å². The van der Waals surface area contributed by atoms with Crippen LogP contribution in [0.4, 0.5) is 0 Å². The minimum absolute atomic E-state index is 0.000961. The van der Waals surface area contributed by atoms with Gasteiger partial charge >= 0.3 is 5.97 Å². The molecule has 4 rings (SSSR count). The van der Waals surface area contributed by atoms with Gasteiger partial charge in [0.05, 0.1) is 12.5 Å². The van der Waals surface area contributed by atoms with Gasteiger partial charge in [-0.2, -0.15) is 0 Å². The first kappa shape index (κ1) is 20.2. The molecule has 0 aromatic carbocycles. The summed E-state index contributed by atoms with van der Waals surface area (Å²) in [6.07, 6.45) is 11.2. The largest absolute Gasteiger partial charge is 0.481 e. The van der Waals surface area contributed by atoms with E-state index in [1.54, 1.807) is 0 Å². The molecule has 4 saturated carbocycles. The second-order valence-corrected chi connectivity index (χ2v) is 11.1. The number of carbonyl (C=O) groups is 2. The summed E-state index contributed by atoms with van der Waals surface area (Å²) < 4.78 is 0. The van der Waals surface area contributed by atoms with E-state index >= 15 is 0 Å². The Bertz CT molecular complexity index is 647. The predicted molar refractivity (Wildman–Crippen MR) is 106 cm³/mol. The molecule has 5 nitrogen and oxygen atoms in total. The second-order valence-electron chi connectivity index (χ2n) is 11.1. The number of hydrogen-bond acceptors (Lipinski definition) is 3. The molecule has 0 aromatic heterocycles. The SMILES string of the molecule is CONC(=O)C1CC2CC(C)CC(C34CCCC(C(=O)O)(CC(C)C3)C4)(C2)C1. The number of nitrogens with one attached hydrogen (secondary N) is 1. The molecule has 0 aromatic rings. The van der Waals surface area contributed by atoms with Gasteiger partial charge in [-0.05, 0) is 92.8 Å². The molecule has 4 bridgehead atoms. The van der Waals surface area contributed by atoms with E-state index in [0.717, 1.165) is 57.8 Å². The number of carboxylic acid groups (broad SMARTS) is 1. The summed E-state index contributed by atoms with van der Waals surface area (Å²) in [5, 5.41) is 10.2. The molecule has 5 heteroatoms. The van der Waals surface area contributed by atoms with Gasteiger partial charge in [0.1, 0.15) is 0 Å². The molecular weight excluding hydrogens is 354 g/mol. The van der Waals surface area contributed by atoms with E-state index in [1.165, 1.54) is 20.0 Å². The summed E-state index contributed by atoms with van der Waals surface area (Å²) in [6, 6.07) is 0. The summed E-state index contributed by atoms with van der Waals surface area (Å²) in [5.41, 5.74) is 2.25. The van der Waals surface area contributed by atoms with E-state index in [2.05, 4.69) is 19.3 Å². The topological polar surface area (TPSA) is 75.6 Å². The van der Waals surface area contributed by atoms with E-state index in [9.17, 15) is 14.7 Å². The van der Waals surface area contributed by atoms with Crippen molar-refractivity contribution in [3.8, 4) is 0 Å². The van der Waals surface area contributed by atoms with Gasteiger partial charge in [-0.3, -0.25) is 14.4 Å². The maximum atomic E-state index is 12.7. The predicted octanol–water partition coefficient (Wildman–Crippen LogP) is 4.56. The Hall–Kier alpha value is -1.10.